The lowest BCUT2D eigenvalue weighted by Crippen LogP contribution is -2.25. The number of hydrogen-bond acceptors (Lipinski definition) is 6. The molecule has 0 aromatic rings. The van der Waals surface area contributed by atoms with Crippen molar-refractivity contribution in [1.82, 2.24) is 0 Å². The molecule has 5 atom stereocenters. The van der Waals surface area contributed by atoms with Gasteiger partial charge in [-0.25, -0.2) is 4.79 Å². The summed E-state index contributed by atoms with van der Waals surface area (Å²) in [5.41, 5.74) is 0.584. The topological polar surface area (TPSA) is 107 Å². The highest BCUT2D eigenvalue weighted by Gasteiger charge is 2.24. The highest BCUT2D eigenvalue weighted by atomic mass is 16.5. The Bertz CT molecular complexity index is 651. The summed E-state index contributed by atoms with van der Waals surface area (Å²) in [6.45, 7) is 4.08. The molecule has 41 heavy (non-hydrogen) atoms. The van der Waals surface area contributed by atoms with Gasteiger partial charge in [0.25, 0.3) is 0 Å². The molecule has 6 nitrogen and oxygen atoms in total. The van der Waals surface area contributed by atoms with Crippen LogP contribution in [-0.4, -0.2) is 56.9 Å². The lowest BCUT2D eigenvalue weighted by atomic mass is 9.98. The minimum Gasteiger partial charge on any atom is -0.455 e. The lowest BCUT2D eigenvalue weighted by Gasteiger charge is -2.17. The minimum atomic E-state index is -0.612. The Hall–Kier alpha value is -0.950. The molecule has 0 spiro atoms. The molecule has 4 N–H and O–H groups in total. The second kappa shape index (κ2) is 25.5. The fourth-order valence-electron chi connectivity index (χ4n) is 5.88. The molecule has 1 rings (SSSR count). The van der Waals surface area contributed by atoms with Crippen molar-refractivity contribution in [2.24, 2.45) is 0 Å². The summed E-state index contributed by atoms with van der Waals surface area (Å²) in [7, 11) is 0. The maximum atomic E-state index is 11.6. The van der Waals surface area contributed by atoms with Gasteiger partial charge >= 0.3 is 5.97 Å². The first-order valence-electron chi connectivity index (χ1n) is 17.5. The van der Waals surface area contributed by atoms with Gasteiger partial charge < -0.3 is 25.2 Å². The van der Waals surface area contributed by atoms with Crippen LogP contribution in [0.5, 0.6) is 0 Å². The Morgan fingerprint density at radius 3 is 1.37 bits per heavy atom. The summed E-state index contributed by atoms with van der Waals surface area (Å²) >= 11 is 0. The van der Waals surface area contributed by atoms with Crippen molar-refractivity contribution in [1.29, 1.82) is 0 Å². The molecule has 242 valence electrons. The first-order valence-corrected chi connectivity index (χ1v) is 17.5. The fraction of sp³-hybridized carbons (Fsp3) is 0.914. The number of ether oxygens (including phenoxy) is 1. The van der Waals surface area contributed by atoms with Crippen LogP contribution in [0.4, 0.5) is 0 Å². The molecule has 0 bridgehead atoms. The average molecular weight is 583 g/mol. The van der Waals surface area contributed by atoms with Crippen molar-refractivity contribution in [2.45, 2.75) is 205 Å². The SMILES string of the molecule is CCCCCCCCCCCCCCC(O)C(O)CCCCCCC(O)CCCCC[C@@H](O)CC1=CC(C)OC1=O. The molecular weight excluding hydrogens is 516 g/mol. The van der Waals surface area contributed by atoms with Gasteiger partial charge in [0, 0.05) is 12.0 Å². The van der Waals surface area contributed by atoms with E-state index >= 15 is 0 Å². The summed E-state index contributed by atoms with van der Waals surface area (Å²) < 4.78 is 5.06. The predicted molar refractivity (Wildman–Crippen MR) is 169 cm³/mol. The van der Waals surface area contributed by atoms with Gasteiger partial charge in [0.1, 0.15) is 6.10 Å². The Kier molecular flexibility index (Phi) is 23.7. The van der Waals surface area contributed by atoms with E-state index in [1.165, 1.54) is 64.2 Å². The molecule has 1 heterocycles. The summed E-state index contributed by atoms with van der Waals surface area (Å²) in [4.78, 5) is 11.6. The van der Waals surface area contributed by atoms with Gasteiger partial charge in [-0.15, -0.1) is 0 Å². The molecule has 0 amide bonds. The van der Waals surface area contributed by atoms with E-state index in [1.807, 2.05) is 6.92 Å². The average Bonchev–Trinajstić information content (AvgIpc) is 3.26. The molecule has 1 aliphatic rings. The van der Waals surface area contributed by atoms with Crippen LogP contribution in [0.15, 0.2) is 11.6 Å². The first kappa shape index (κ1) is 38.1. The van der Waals surface area contributed by atoms with Crippen LogP contribution in [-0.2, 0) is 9.53 Å². The molecule has 1 aliphatic heterocycles. The Balaban J connectivity index is 1.87. The smallest absolute Gasteiger partial charge is 0.334 e. The van der Waals surface area contributed by atoms with Gasteiger partial charge in [-0.05, 0) is 45.1 Å². The highest BCUT2D eigenvalue weighted by molar-refractivity contribution is 5.90. The Labute approximate surface area is 252 Å². The van der Waals surface area contributed by atoms with Gasteiger partial charge in [0.15, 0.2) is 0 Å². The van der Waals surface area contributed by atoms with E-state index in [-0.39, 0.29) is 18.2 Å². The minimum absolute atomic E-state index is 0.190. The third-order valence-corrected chi connectivity index (χ3v) is 8.61. The third kappa shape index (κ3) is 21.4. The van der Waals surface area contributed by atoms with E-state index in [4.69, 9.17) is 4.74 Å². The third-order valence-electron chi connectivity index (χ3n) is 8.61. The van der Waals surface area contributed by atoms with Crippen LogP contribution in [0.25, 0.3) is 0 Å². The van der Waals surface area contributed by atoms with Crippen molar-refractivity contribution < 1.29 is 30.0 Å². The number of rotatable bonds is 29. The second-order valence-corrected chi connectivity index (χ2v) is 12.8. The van der Waals surface area contributed by atoms with Crippen LogP contribution >= 0.6 is 0 Å². The molecule has 6 heteroatoms. The van der Waals surface area contributed by atoms with E-state index < -0.39 is 18.3 Å². The van der Waals surface area contributed by atoms with Crippen molar-refractivity contribution >= 4 is 5.97 Å². The predicted octanol–water partition coefficient (Wildman–Crippen LogP) is 8.07. The van der Waals surface area contributed by atoms with Crippen molar-refractivity contribution in [3.63, 3.8) is 0 Å². The van der Waals surface area contributed by atoms with Gasteiger partial charge in [-0.2, -0.15) is 0 Å². The van der Waals surface area contributed by atoms with E-state index in [2.05, 4.69) is 6.92 Å². The maximum Gasteiger partial charge on any atom is 0.334 e. The molecule has 0 saturated carbocycles. The zero-order chi connectivity index (χ0) is 30.1. The number of aliphatic hydroxyl groups excluding tert-OH is 4. The number of aliphatic hydroxyl groups is 4. The molecule has 0 saturated heterocycles. The van der Waals surface area contributed by atoms with Gasteiger partial charge in [0.2, 0.25) is 0 Å². The zero-order valence-corrected chi connectivity index (χ0v) is 26.7. The summed E-state index contributed by atoms with van der Waals surface area (Å²) in [5.74, 6) is -0.307. The van der Waals surface area contributed by atoms with Crippen molar-refractivity contribution in [3.8, 4) is 0 Å². The van der Waals surface area contributed by atoms with Crippen LogP contribution in [0.3, 0.4) is 0 Å². The number of carbonyl (C=O) groups is 1. The number of cyclic esters (lactones) is 1. The summed E-state index contributed by atoms with van der Waals surface area (Å²) in [5, 5.41) is 41.0. The van der Waals surface area contributed by atoms with Crippen LogP contribution in [0, 0.1) is 0 Å². The number of unbranched alkanes of at least 4 members (excludes halogenated alkanes) is 16. The van der Waals surface area contributed by atoms with E-state index in [9.17, 15) is 25.2 Å². The molecule has 0 radical (unpaired) electrons. The standard InChI is InChI=1S/C35H66O6/c1-3-4-5-6-7-8-9-10-11-12-13-20-25-33(38)34(39)26-21-15-14-17-22-31(36)23-18-16-19-24-32(37)28-30-27-29(2)41-35(30)40/h27,29,31-34,36-39H,3-26,28H2,1-2H3/t29?,31?,32-,33?,34?/m1/s1. The molecular formula is C35H66O6. The maximum absolute atomic E-state index is 11.6. The first-order chi connectivity index (χ1) is 19.8. The van der Waals surface area contributed by atoms with E-state index in [0.29, 0.717) is 31.3 Å². The zero-order valence-electron chi connectivity index (χ0n) is 26.7. The fourth-order valence-corrected chi connectivity index (χ4v) is 5.88. The van der Waals surface area contributed by atoms with E-state index in [0.717, 1.165) is 70.6 Å². The van der Waals surface area contributed by atoms with Crippen LogP contribution < -0.4 is 0 Å². The largest absolute Gasteiger partial charge is 0.455 e. The van der Waals surface area contributed by atoms with Crippen LogP contribution in [0.1, 0.15) is 174 Å². The number of hydrogen-bond donors (Lipinski definition) is 4. The number of esters is 1. The monoisotopic (exact) mass is 582 g/mol. The molecule has 0 fully saturated rings. The molecule has 4 unspecified atom stereocenters. The van der Waals surface area contributed by atoms with Gasteiger partial charge in [-0.1, -0.05) is 129 Å². The quantitative estimate of drug-likeness (QED) is 0.0525. The molecule has 0 aromatic carbocycles. The Morgan fingerprint density at radius 2 is 0.951 bits per heavy atom. The second-order valence-electron chi connectivity index (χ2n) is 12.8. The van der Waals surface area contributed by atoms with Crippen LogP contribution in [0.2, 0.25) is 0 Å². The lowest BCUT2D eigenvalue weighted by molar-refractivity contribution is -0.139. The van der Waals surface area contributed by atoms with Gasteiger partial charge in [0.05, 0.1) is 24.4 Å². The van der Waals surface area contributed by atoms with E-state index in [1.54, 1.807) is 6.08 Å². The molecule has 0 aromatic heterocycles. The van der Waals surface area contributed by atoms with Gasteiger partial charge in [-0.3, -0.25) is 0 Å². The van der Waals surface area contributed by atoms with Crippen molar-refractivity contribution in [3.05, 3.63) is 11.6 Å². The summed E-state index contributed by atoms with van der Waals surface area (Å²) in [6, 6.07) is 0. The van der Waals surface area contributed by atoms with Crippen molar-refractivity contribution in [2.75, 3.05) is 0 Å². The summed E-state index contributed by atoms with van der Waals surface area (Å²) in [6.07, 6.45) is 26.0. The molecule has 0 aliphatic carbocycles. The normalized spacial score (nSPS) is 18.2. The highest BCUT2D eigenvalue weighted by Crippen LogP contribution is 2.21. The number of carbonyl (C=O) groups excluding carboxylic acids is 1. The Morgan fingerprint density at radius 1 is 0.585 bits per heavy atom.